The highest BCUT2D eigenvalue weighted by molar-refractivity contribution is 5.46. The smallest absolute Gasteiger partial charge is 0.119 e. The van der Waals surface area contributed by atoms with Crippen LogP contribution in [0.3, 0.4) is 0 Å². The van der Waals surface area contributed by atoms with Gasteiger partial charge in [0, 0.05) is 11.7 Å². The van der Waals surface area contributed by atoms with E-state index in [9.17, 15) is 0 Å². The van der Waals surface area contributed by atoms with Gasteiger partial charge < -0.3 is 10.1 Å². The van der Waals surface area contributed by atoms with Gasteiger partial charge in [0.15, 0.2) is 0 Å². The van der Waals surface area contributed by atoms with Gasteiger partial charge in [-0.25, -0.2) is 0 Å². The molecule has 2 rings (SSSR count). The minimum absolute atomic E-state index is 0.452. The van der Waals surface area contributed by atoms with Crippen LogP contribution in [0.4, 0.5) is 5.69 Å². The molecule has 0 fully saturated rings. The molecule has 106 valence electrons. The Hall–Kier alpha value is -1.96. The van der Waals surface area contributed by atoms with Crippen LogP contribution in [-0.2, 0) is 6.42 Å². The molecule has 2 aromatic carbocycles. The fourth-order valence-electron chi connectivity index (χ4n) is 2.09. The molecule has 0 bridgehead atoms. The largest absolute Gasteiger partial charge is 0.494 e. The topological polar surface area (TPSA) is 21.3 Å². The second-order valence-electron chi connectivity index (χ2n) is 5.26. The van der Waals surface area contributed by atoms with Gasteiger partial charge in [0.1, 0.15) is 5.75 Å². The Kier molecular flexibility index (Phi) is 5.48. The van der Waals surface area contributed by atoms with E-state index in [1.807, 2.05) is 18.2 Å². The summed E-state index contributed by atoms with van der Waals surface area (Å²) in [5.41, 5.74) is 2.50. The Labute approximate surface area is 121 Å². The van der Waals surface area contributed by atoms with Crippen LogP contribution >= 0.6 is 0 Å². The summed E-state index contributed by atoms with van der Waals surface area (Å²) < 4.78 is 5.76. The highest BCUT2D eigenvalue weighted by Gasteiger charge is 1.98. The first kappa shape index (κ1) is 14.4. The zero-order valence-corrected chi connectivity index (χ0v) is 12.3. The molecule has 0 unspecified atom stereocenters. The zero-order valence-electron chi connectivity index (χ0n) is 12.3. The van der Waals surface area contributed by atoms with Gasteiger partial charge in [-0.1, -0.05) is 30.3 Å². The summed E-state index contributed by atoms with van der Waals surface area (Å²) in [6, 6.07) is 19.1. The predicted molar refractivity (Wildman–Crippen MR) is 85.5 cm³/mol. The Morgan fingerprint density at radius 2 is 1.65 bits per heavy atom. The van der Waals surface area contributed by atoms with E-state index in [1.54, 1.807) is 0 Å². The molecule has 2 aromatic rings. The van der Waals surface area contributed by atoms with E-state index in [0.717, 1.165) is 30.9 Å². The van der Waals surface area contributed by atoms with Crippen LogP contribution < -0.4 is 10.1 Å². The van der Waals surface area contributed by atoms with Crippen LogP contribution in [-0.4, -0.2) is 12.6 Å². The van der Waals surface area contributed by atoms with Crippen molar-refractivity contribution in [2.45, 2.75) is 32.7 Å². The van der Waals surface area contributed by atoms with E-state index in [-0.39, 0.29) is 0 Å². The summed E-state index contributed by atoms with van der Waals surface area (Å²) in [4.78, 5) is 0. The summed E-state index contributed by atoms with van der Waals surface area (Å²) in [6.07, 6.45) is 2.10. The Balaban J connectivity index is 1.71. The maximum absolute atomic E-state index is 5.76. The van der Waals surface area contributed by atoms with E-state index in [2.05, 4.69) is 55.6 Å². The van der Waals surface area contributed by atoms with E-state index in [1.165, 1.54) is 5.56 Å². The van der Waals surface area contributed by atoms with Crippen molar-refractivity contribution in [2.24, 2.45) is 0 Å². The van der Waals surface area contributed by atoms with Crippen molar-refractivity contribution in [1.82, 2.24) is 0 Å². The second-order valence-corrected chi connectivity index (χ2v) is 5.26. The highest BCUT2D eigenvalue weighted by Crippen LogP contribution is 2.16. The summed E-state index contributed by atoms with van der Waals surface area (Å²) in [6.45, 7) is 5.02. The van der Waals surface area contributed by atoms with Crippen LogP contribution in [0.2, 0.25) is 0 Å². The molecule has 20 heavy (non-hydrogen) atoms. The number of benzene rings is 2. The molecule has 0 heterocycles. The third-order valence-corrected chi connectivity index (χ3v) is 3.03. The first-order valence-corrected chi connectivity index (χ1v) is 7.27. The number of nitrogens with one attached hydrogen (secondary N) is 1. The van der Waals surface area contributed by atoms with Gasteiger partial charge in [0.2, 0.25) is 0 Å². The third kappa shape index (κ3) is 4.96. The molecule has 0 saturated heterocycles. The monoisotopic (exact) mass is 269 g/mol. The average Bonchev–Trinajstić information content (AvgIpc) is 2.46. The van der Waals surface area contributed by atoms with Crippen molar-refractivity contribution in [3.63, 3.8) is 0 Å². The lowest BCUT2D eigenvalue weighted by molar-refractivity contribution is 0.311. The third-order valence-electron chi connectivity index (χ3n) is 3.03. The quantitative estimate of drug-likeness (QED) is 0.746. The van der Waals surface area contributed by atoms with E-state index >= 15 is 0 Å². The lowest BCUT2D eigenvalue weighted by atomic mass is 10.1. The summed E-state index contributed by atoms with van der Waals surface area (Å²) >= 11 is 0. The maximum atomic E-state index is 5.76. The van der Waals surface area contributed by atoms with E-state index < -0.39 is 0 Å². The van der Waals surface area contributed by atoms with Gasteiger partial charge >= 0.3 is 0 Å². The first-order valence-electron chi connectivity index (χ1n) is 7.27. The number of anilines is 1. The van der Waals surface area contributed by atoms with Gasteiger partial charge in [0.05, 0.1) is 6.61 Å². The van der Waals surface area contributed by atoms with E-state index in [4.69, 9.17) is 4.74 Å². The number of ether oxygens (including phenoxy) is 1. The molecule has 0 aliphatic heterocycles. The number of hydrogen-bond acceptors (Lipinski definition) is 2. The Morgan fingerprint density at radius 3 is 2.30 bits per heavy atom. The number of rotatable bonds is 7. The van der Waals surface area contributed by atoms with Crippen molar-refractivity contribution in [1.29, 1.82) is 0 Å². The van der Waals surface area contributed by atoms with Crippen LogP contribution in [0.5, 0.6) is 5.75 Å². The molecule has 0 aromatic heterocycles. The van der Waals surface area contributed by atoms with Gasteiger partial charge in [-0.05, 0) is 56.5 Å². The van der Waals surface area contributed by atoms with Crippen molar-refractivity contribution >= 4 is 5.69 Å². The lowest BCUT2D eigenvalue weighted by Crippen LogP contribution is -2.09. The van der Waals surface area contributed by atoms with Gasteiger partial charge in [0.25, 0.3) is 0 Å². The van der Waals surface area contributed by atoms with Crippen LogP contribution in [0.15, 0.2) is 54.6 Å². The highest BCUT2D eigenvalue weighted by atomic mass is 16.5. The predicted octanol–water partition coefficient (Wildman–Crippen LogP) is 4.52. The molecular formula is C18H23NO. The van der Waals surface area contributed by atoms with Crippen molar-refractivity contribution < 1.29 is 4.74 Å². The average molecular weight is 269 g/mol. The second kappa shape index (κ2) is 7.59. The molecular weight excluding hydrogens is 246 g/mol. The molecule has 0 atom stereocenters. The molecule has 2 heteroatoms. The minimum atomic E-state index is 0.452. The van der Waals surface area contributed by atoms with Gasteiger partial charge in [-0.3, -0.25) is 0 Å². The zero-order chi connectivity index (χ0) is 14.2. The molecule has 0 radical (unpaired) electrons. The van der Waals surface area contributed by atoms with Crippen LogP contribution in [0.25, 0.3) is 0 Å². The van der Waals surface area contributed by atoms with Crippen molar-refractivity contribution in [3.8, 4) is 5.75 Å². The van der Waals surface area contributed by atoms with Gasteiger partial charge in [-0.15, -0.1) is 0 Å². The molecule has 0 spiro atoms. The number of aryl methyl sites for hydroxylation is 1. The van der Waals surface area contributed by atoms with Gasteiger partial charge in [-0.2, -0.15) is 0 Å². The summed E-state index contributed by atoms with van der Waals surface area (Å²) in [5.74, 6) is 0.937. The van der Waals surface area contributed by atoms with Crippen LogP contribution in [0.1, 0.15) is 25.8 Å². The maximum Gasteiger partial charge on any atom is 0.119 e. The molecule has 2 nitrogen and oxygen atoms in total. The fourth-order valence-corrected chi connectivity index (χ4v) is 2.09. The molecule has 0 saturated carbocycles. The standard InChI is InChI=1S/C18H23NO/c1-15(2)19-17-10-12-18(13-11-17)20-14-6-9-16-7-4-3-5-8-16/h3-5,7-8,10-13,15,19H,6,9,14H2,1-2H3. The summed E-state index contributed by atoms with van der Waals surface area (Å²) in [5, 5.41) is 3.37. The van der Waals surface area contributed by atoms with Crippen molar-refractivity contribution in [3.05, 3.63) is 60.2 Å². The molecule has 1 N–H and O–H groups in total. The fraction of sp³-hybridized carbons (Fsp3) is 0.333. The lowest BCUT2D eigenvalue weighted by Gasteiger charge is -2.11. The van der Waals surface area contributed by atoms with E-state index in [0.29, 0.717) is 6.04 Å². The normalized spacial score (nSPS) is 10.6. The minimum Gasteiger partial charge on any atom is -0.494 e. The first-order chi connectivity index (χ1) is 9.74. The summed E-state index contributed by atoms with van der Waals surface area (Å²) in [7, 11) is 0. The Morgan fingerprint density at radius 1 is 0.950 bits per heavy atom. The molecule has 0 aliphatic rings. The van der Waals surface area contributed by atoms with Crippen LogP contribution in [0, 0.1) is 0 Å². The molecule has 0 aliphatic carbocycles. The number of hydrogen-bond donors (Lipinski definition) is 1. The molecule has 0 amide bonds. The Bertz CT molecular complexity index is 491. The van der Waals surface area contributed by atoms with Crippen molar-refractivity contribution in [2.75, 3.05) is 11.9 Å². The SMILES string of the molecule is CC(C)Nc1ccc(OCCCc2ccccc2)cc1.